The van der Waals surface area contributed by atoms with Gasteiger partial charge in [-0.3, -0.25) is 4.72 Å². The molecule has 0 saturated carbocycles. The molecule has 1 aromatic carbocycles. The van der Waals surface area contributed by atoms with Gasteiger partial charge in [0.1, 0.15) is 0 Å². The molecule has 0 saturated heterocycles. The summed E-state index contributed by atoms with van der Waals surface area (Å²) in [6.07, 6.45) is 0. The molecule has 3 N–H and O–H groups in total. The van der Waals surface area contributed by atoms with E-state index < -0.39 is 10.0 Å². The Hall–Kier alpha value is -2.00. The maximum Gasteiger partial charge on any atom is 0.273 e. The van der Waals surface area contributed by atoms with Gasteiger partial charge in [-0.1, -0.05) is 11.3 Å². The Labute approximate surface area is 119 Å². The summed E-state index contributed by atoms with van der Waals surface area (Å²) in [5, 5.41) is 0.216. The summed E-state index contributed by atoms with van der Waals surface area (Å²) in [7, 11) is -3.71. The quantitative estimate of drug-likeness (QED) is 0.891. The topological polar surface area (TPSA) is 104 Å². The molecule has 0 bridgehead atoms. The number of nitrogens with two attached hydrogens (primary N) is 1. The van der Waals surface area contributed by atoms with E-state index in [-0.39, 0.29) is 16.1 Å². The average Bonchev–Trinajstić information content (AvgIpc) is 2.94. The number of thiazole rings is 1. The summed E-state index contributed by atoms with van der Waals surface area (Å²) in [6, 6.07) is 4.82. The molecule has 2 aromatic rings. The Balaban J connectivity index is 1.92. The van der Waals surface area contributed by atoms with Crippen LogP contribution < -0.4 is 19.9 Å². The normalized spacial score (nSPS) is 13.4. The molecule has 1 aromatic heterocycles. The third-order valence-electron chi connectivity index (χ3n) is 2.64. The van der Waals surface area contributed by atoms with Crippen LogP contribution in [0.4, 0.5) is 10.8 Å². The van der Waals surface area contributed by atoms with E-state index in [1.54, 1.807) is 25.1 Å². The van der Waals surface area contributed by atoms with Crippen molar-refractivity contribution in [3.63, 3.8) is 0 Å². The summed E-state index contributed by atoms with van der Waals surface area (Å²) in [5.74, 6) is 1.09. The van der Waals surface area contributed by atoms with Crippen LogP contribution in [0.15, 0.2) is 22.4 Å². The SMILES string of the molecule is Cc1nc(N)sc1S(=O)(=O)Nc1ccc2c(c1)OCO2. The molecular weight excluding hydrogens is 302 g/mol. The van der Waals surface area contributed by atoms with Crippen LogP contribution in [-0.2, 0) is 10.0 Å². The van der Waals surface area contributed by atoms with E-state index in [0.717, 1.165) is 11.3 Å². The van der Waals surface area contributed by atoms with Crippen LogP contribution in [0.2, 0.25) is 0 Å². The Morgan fingerprint density at radius 3 is 2.80 bits per heavy atom. The van der Waals surface area contributed by atoms with Crippen molar-refractivity contribution in [2.24, 2.45) is 0 Å². The Morgan fingerprint density at radius 1 is 1.35 bits per heavy atom. The minimum absolute atomic E-state index is 0.104. The first-order valence-electron chi connectivity index (χ1n) is 5.61. The van der Waals surface area contributed by atoms with Gasteiger partial charge < -0.3 is 15.2 Å². The van der Waals surface area contributed by atoms with Gasteiger partial charge in [0, 0.05) is 6.07 Å². The molecule has 1 aliphatic rings. The molecule has 0 radical (unpaired) electrons. The van der Waals surface area contributed by atoms with Crippen LogP contribution in [-0.4, -0.2) is 20.2 Å². The van der Waals surface area contributed by atoms with E-state index in [1.807, 2.05) is 0 Å². The molecule has 1 aliphatic heterocycles. The van der Waals surface area contributed by atoms with E-state index in [0.29, 0.717) is 22.9 Å². The first kappa shape index (κ1) is 13.0. The van der Waals surface area contributed by atoms with Crippen molar-refractivity contribution in [1.29, 1.82) is 0 Å². The van der Waals surface area contributed by atoms with Crippen molar-refractivity contribution >= 4 is 32.2 Å². The van der Waals surface area contributed by atoms with Gasteiger partial charge in [0.05, 0.1) is 11.4 Å². The standard InChI is InChI=1S/C11H11N3O4S2/c1-6-10(19-11(12)13-6)20(15,16)14-7-2-3-8-9(4-7)18-5-17-8/h2-4,14H,5H2,1H3,(H2,12,13). The van der Waals surface area contributed by atoms with E-state index in [1.165, 1.54) is 0 Å². The second-order valence-corrected chi connectivity index (χ2v) is 7.01. The summed E-state index contributed by atoms with van der Waals surface area (Å²) >= 11 is 0.926. The Kier molecular flexibility index (Phi) is 2.94. The van der Waals surface area contributed by atoms with Gasteiger partial charge in [-0.15, -0.1) is 0 Å². The van der Waals surface area contributed by atoms with Crippen LogP contribution >= 0.6 is 11.3 Å². The predicted molar refractivity (Wildman–Crippen MR) is 74.6 cm³/mol. The zero-order valence-electron chi connectivity index (χ0n) is 10.4. The van der Waals surface area contributed by atoms with Crippen molar-refractivity contribution in [2.75, 3.05) is 17.2 Å². The molecule has 3 rings (SSSR count). The van der Waals surface area contributed by atoms with Crippen LogP contribution in [0.1, 0.15) is 5.69 Å². The van der Waals surface area contributed by atoms with E-state index >= 15 is 0 Å². The highest BCUT2D eigenvalue weighted by atomic mass is 32.2. The first-order valence-corrected chi connectivity index (χ1v) is 7.91. The number of nitrogen functional groups attached to an aromatic ring is 1. The lowest BCUT2D eigenvalue weighted by Gasteiger charge is -2.07. The number of fused-ring (bicyclic) bond motifs is 1. The van der Waals surface area contributed by atoms with Gasteiger partial charge in [0.25, 0.3) is 10.0 Å². The van der Waals surface area contributed by atoms with Crippen molar-refractivity contribution in [3.8, 4) is 11.5 Å². The molecule has 0 amide bonds. The van der Waals surface area contributed by atoms with Gasteiger partial charge in [-0.25, -0.2) is 13.4 Å². The lowest BCUT2D eigenvalue weighted by molar-refractivity contribution is 0.174. The molecule has 20 heavy (non-hydrogen) atoms. The van der Waals surface area contributed by atoms with Crippen molar-refractivity contribution in [1.82, 2.24) is 4.98 Å². The fourth-order valence-electron chi connectivity index (χ4n) is 1.81. The molecule has 2 heterocycles. The molecule has 0 atom stereocenters. The smallest absolute Gasteiger partial charge is 0.273 e. The van der Waals surface area contributed by atoms with Crippen LogP contribution in [0, 0.1) is 6.92 Å². The van der Waals surface area contributed by atoms with Gasteiger partial charge in [0.2, 0.25) is 6.79 Å². The highest BCUT2D eigenvalue weighted by molar-refractivity contribution is 7.94. The lowest BCUT2D eigenvalue weighted by atomic mass is 10.3. The van der Waals surface area contributed by atoms with E-state index in [2.05, 4.69) is 9.71 Å². The summed E-state index contributed by atoms with van der Waals surface area (Å²) in [5.41, 5.74) is 6.29. The number of hydrogen-bond donors (Lipinski definition) is 2. The third kappa shape index (κ3) is 2.25. The second kappa shape index (κ2) is 4.53. The maximum absolute atomic E-state index is 12.3. The summed E-state index contributed by atoms with van der Waals surface area (Å²) < 4.78 is 37.5. The molecule has 0 unspecified atom stereocenters. The van der Waals surface area contributed by atoms with Crippen molar-refractivity contribution in [2.45, 2.75) is 11.1 Å². The molecular formula is C11H11N3O4S2. The number of benzene rings is 1. The number of anilines is 2. The van der Waals surface area contributed by atoms with Gasteiger partial charge >= 0.3 is 0 Å². The zero-order chi connectivity index (χ0) is 14.3. The first-order chi connectivity index (χ1) is 9.45. The van der Waals surface area contributed by atoms with Gasteiger partial charge in [0.15, 0.2) is 20.8 Å². The second-order valence-electron chi connectivity index (χ2n) is 4.10. The lowest BCUT2D eigenvalue weighted by Crippen LogP contribution is -2.12. The fraction of sp³-hybridized carbons (Fsp3) is 0.182. The summed E-state index contributed by atoms with van der Waals surface area (Å²) in [6.45, 7) is 1.73. The number of nitrogens with zero attached hydrogens (tertiary/aromatic N) is 1. The minimum atomic E-state index is -3.71. The molecule has 0 fully saturated rings. The largest absolute Gasteiger partial charge is 0.454 e. The molecule has 7 nitrogen and oxygen atoms in total. The highest BCUT2D eigenvalue weighted by Crippen LogP contribution is 2.35. The molecule has 0 spiro atoms. The number of sulfonamides is 1. The zero-order valence-corrected chi connectivity index (χ0v) is 12.0. The molecule has 0 aliphatic carbocycles. The van der Waals surface area contributed by atoms with E-state index in [4.69, 9.17) is 15.2 Å². The highest BCUT2D eigenvalue weighted by Gasteiger charge is 2.22. The van der Waals surface area contributed by atoms with Gasteiger partial charge in [-0.2, -0.15) is 0 Å². The van der Waals surface area contributed by atoms with E-state index in [9.17, 15) is 8.42 Å². The molecule has 106 valence electrons. The minimum Gasteiger partial charge on any atom is -0.454 e. The third-order valence-corrected chi connectivity index (χ3v) is 5.62. The van der Waals surface area contributed by atoms with Crippen LogP contribution in [0.25, 0.3) is 0 Å². The maximum atomic E-state index is 12.3. The average molecular weight is 313 g/mol. The number of aryl methyl sites for hydroxylation is 1. The number of rotatable bonds is 3. The number of nitrogens with one attached hydrogen (secondary N) is 1. The number of ether oxygens (including phenoxy) is 2. The summed E-state index contributed by atoms with van der Waals surface area (Å²) in [4.78, 5) is 3.91. The fourth-order valence-corrected chi connectivity index (χ4v) is 4.16. The van der Waals surface area contributed by atoms with Crippen LogP contribution in [0.3, 0.4) is 0 Å². The van der Waals surface area contributed by atoms with Crippen molar-refractivity contribution in [3.05, 3.63) is 23.9 Å². The number of hydrogen-bond acceptors (Lipinski definition) is 7. The monoisotopic (exact) mass is 313 g/mol. The van der Waals surface area contributed by atoms with Crippen LogP contribution in [0.5, 0.6) is 11.5 Å². The molecule has 9 heteroatoms. The Morgan fingerprint density at radius 2 is 2.10 bits per heavy atom. The van der Waals surface area contributed by atoms with Gasteiger partial charge in [-0.05, 0) is 19.1 Å². The Bertz CT molecular complexity index is 770. The predicted octanol–water partition coefficient (Wildman–Crippen LogP) is 1.56. The van der Waals surface area contributed by atoms with Crippen molar-refractivity contribution < 1.29 is 17.9 Å². The number of aromatic nitrogens is 1.